The van der Waals surface area contributed by atoms with E-state index in [0.29, 0.717) is 26.1 Å². The summed E-state index contributed by atoms with van der Waals surface area (Å²) in [6.45, 7) is 6.08. The molecule has 2 unspecified atom stereocenters. The van der Waals surface area contributed by atoms with Gasteiger partial charge in [0.2, 0.25) is 5.91 Å². The van der Waals surface area contributed by atoms with E-state index in [4.69, 9.17) is 4.74 Å². The Bertz CT molecular complexity index is 622. The van der Waals surface area contributed by atoms with E-state index in [1.54, 1.807) is 0 Å². The second-order valence-corrected chi connectivity index (χ2v) is 7.86. The number of likely N-dealkylation sites (tertiary alicyclic amines) is 1. The van der Waals surface area contributed by atoms with Crippen LogP contribution in [0.4, 0.5) is 0 Å². The van der Waals surface area contributed by atoms with Gasteiger partial charge in [-0.3, -0.25) is 9.59 Å². The second-order valence-electron chi connectivity index (χ2n) is 7.86. The summed E-state index contributed by atoms with van der Waals surface area (Å²) in [7, 11) is 0. The molecule has 2 saturated heterocycles. The van der Waals surface area contributed by atoms with Crippen LogP contribution in [0.5, 0.6) is 0 Å². The molecule has 2 aliphatic heterocycles. The summed E-state index contributed by atoms with van der Waals surface area (Å²) >= 11 is 0. The molecule has 1 aromatic rings. The molecule has 2 aliphatic rings. The van der Waals surface area contributed by atoms with E-state index in [1.165, 1.54) is 0 Å². The Morgan fingerprint density at radius 1 is 1.12 bits per heavy atom. The fraction of sp³-hybridized carbons (Fsp3) is 0.619. The standard InChI is InChI=1S/C21H29NO4/c1-14(2)18(15-6-4-3-5-7-15)20(23)22-11-8-16(9-12-22)19-17(21(24)25)10-13-26-19/h3-7,14,16-19H,8-13H2,1-2H3,(H,24,25)/t17?,18?,19-/m0/s1. The number of hydrogen-bond acceptors (Lipinski definition) is 3. The van der Waals surface area contributed by atoms with E-state index in [0.717, 1.165) is 18.4 Å². The van der Waals surface area contributed by atoms with Crippen LogP contribution in [0.1, 0.15) is 44.6 Å². The Morgan fingerprint density at radius 2 is 1.77 bits per heavy atom. The van der Waals surface area contributed by atoms with Crippen molar-refractivity contribution >= 4 is 11.9 Å². The molecule has 0 spiro atoms. The lowest BCUT2D eigenvalue weighted by Crippen LogP contribution is -2.45. The largest absolute Gasteiger partial charge is 0.481 e. The quantitative estimate of drug-likeness (QED) is 0.877. The number of carboxylic acid groups (broad SMARTS) is 1. The number of benzene rings is 1. The van der Waals surface area contributed by atoms with Crippen LogP contribution in [0, 0.1) is 17.8 Å². The van der Waals surface area contributed by atoms with Gasteiger partial charge in [-0.25, -0.2) is 0 Å². The lowest BCUT2D eigenvalue weighted by Gasteiger charge is -2.37. The van der Waals surface area contributed by atoms with E-state index >= 15 is 0 Å². The average molecular weight is 359 g/mol. The maximum atomic E-state index is 13.1. The minimum Gasteiger partial charge on any atom is -0.481 e. The topological polar surface area (TPSA) is 66.8 Å². The molecule has 5 heteroatoms. The third-order valence-corrected chi connectivity index (χ3v) is 5.86. The van der Waals surface area contributed by atoms with Crippen molar-refractivity contribution in [1.29, 1.82) is 0 Å². The lowest BCUT2D eigenvalue weighted by molar-refractivity contribution is -0.146. The van der Waals surface area contributed by atoms with Gasteiger partial charge in [0.25, 0.3) is 0 Å². The van der Waals surface area contributed by atoms with Crippen molar-refractivity contribution in [3.8, 4) is 0 Å². The number of aliphatic carboxylic acids is 1. The smallest absolute Gasteiger partial charge is 0.309 e. The second kappa shape index (κ2) is 8.21. The van der Waals surface area contributed by atoms with Crippen LogP contribution in [0.25, 0.3) is 0 Å². The fourth-order valence-electron chi connectivity index (χ4n) is 4.46. The minimum atomic E-state index is -0.755. The first-order valence-corrected chi connectivity index (χ1v) is 9.67. The summed E-state index contributed by atoms with van der Waals surface area (Å²) in [5.41, 5.74) is 1.07. The molecule has 0 saturated carbocycles. The van der Waals surface area contributed by atoms with Crippen LogP contribution in [0.15, 0.2) is 30.3 Å². The van der Waals surface area contributed by atoms with Crippen LogP contribution >= 0.6 is 0 Å². The molecule has 0 aromatic heterocycles. The normalized spacial score (nSPS) is 25.4. The Morgan fingerprint density at radius 3 is 2.35 bits per heavy atom. The van der Waals surface area contributed by atoms with E-state index in [-0.39, 0.29) is 29.8 Å². The number of nitrogens with zero attached hydrogens (tertiary/aromatic N) is 1. The van der Waals surface area contributed by atoms with Crippen molar-refractivity contribution in [2.45, 2.75) is 45.1 Å². The molecule has 2 fully saturated rings. The van der Waals surface area contributed by atoms with Crippen LogP contribution in [-0.4, -0.2) is 47.7 Å². The highest BCUT2D eigenvalue weighted by molar-refractivity contribution is 5.84. The molecule has 1 amide bonds. The van der Waals surface area contributed by atoms with Crippen molar-refractivity contribution < 1.29 is 19.4 Å². The van der Waals surface area contributed by atoms with Crippen LogP contribution < -0.4 is 0 Å². The number of amides is 1. The van der Waals surface area contributed by atoms with E-state index in [9.17, 15) is 14.7 Å². The summed E-state index contributed by atoms with van der Waals surface area (Å²) in [6.07, 6.45) is 2.04. The van der Waals surface area contributed by atoms with Gasteiger partial charge in [0.15, 0.2) is 0 Å². The lowest BCUT2D eigenvalue weighted by atomic mass is 9.82. The number of carbonyl (C=O) groups excluding carboxylic acids is 1. The summed E-state index contributed by atoms with van der Waals surface area (Å²) in [5, 5.41) is 9.37. The molecular weight excluding hydrogens is 330 g/mol. The fourth-order valence-corrected chi connectivity index (χ4v) is 4.46. The summed E-state index contributed by atoms with van der Waals surface area (Å²) in [6, 6.07) is 9.98. The van der Waals surface area contributed by atoms with E-state index < -0.39 is 11.9 Å². The van der Waals surface area contributed by atoms with Gasteiger partial charge in [-0.2, -0.15) is 0 Å². The molecule has 26 heavy (non-hydrogen) atoms. The van der Waals surface area contributed by atoms with Crippen LogP contribution in [0.2, 0.25) is 0 Å². The maximum absolute atomic E-state index is 13.1. The molecule has 1 aromatic carbocycles. The van der Waals surface area contributed by atoms with E-state index in [2.05, 4.69) is 13.8 Å². The molecule has 0 aliphatic carbocycles. The average Bonchev–Trinajstić information content (AvgIpc) is 3.12. The third kappa shape index (κ3) is 3.93. The monoisotopic (exact) mass is 359 g/mol. The molecule has 0 bridgehead atoms. The van der Waals surface area contributed by atoms with Crippen molar-refractivity contribution in [1.82, 2.24) is 4.90 Å². The Labute approximate surface area is 155 Å². The Hall–Kier alpha value is -1.88. The molecule has 0 radical (unpaired) electrons. The molecule has 5 nitrogen and oxygen atoms in total. The number of piperidine rings is 1. The van der Waals surface area contributed by atoms with Crippen molar-refractivity contribution in [3.05, 3.63) is 35.9 Å². The highest BCUT2D eigenvalue weighted by atomic mass is 16.5. The third-order valence-electron chi connectivity index (χ3n) is 5.86. The first kappa shape index (κ1) is 18.9. The SMILES string of the molecule is CC(C)C(C(=O)N1CCC([C@@H]2OCCC2C(=O)O)CC1)c1ccccc1. The van der Waals surface area contributed by atoms with E-state index in [1.807, 2.05) is 35.2 Å². The van der Waals surface area contributed by atoms with Gasteiger partial charge in [0.05, 0.1) is 17.9 Å². The molecule has 142 valence electrons. The van der Waals surface area contributed by atoms with Gasteiger partial charge >= 0.3 is 5.97 Å². The number of carboxylic acids is 1. The van der Waals surface area contributed by atoms with Crippen molar-refractivity contribution in [2.75, 3.05) is 19.7 Å². The minimum absolute atomic E-state index is 0.123. The van der Waals surface area contributed by atoms with Crippen LogP contribution in [-0.2, 0) is 14.3 Å². The zero-order valence-electron chi connectivity index (χ0n) is 15.6. The predicted molar refractivity (Wildman–Crippen MR) is 98.8 cm³/mol. The Kier molecular flexibility index (Phi) is 5.97. The first-order valence-electron chi connectivity index (χ1n) is 9.67. The van der Waals surface area contributed by atoms with Gasteiger partial charge in [0.1, 0.15) is 0 Å². The molecule has 2 heterocycles. The first-order chi connectivity index (χ1) is 12.5. The van der Waals surface area contributed by atoms with Gasteiger partial charge in [0, 0.05) is 19.7 Å². The van der Waals surface area contributed by atoms with Crippen LogP contribution in [0.3, 0.4) is 0 Å². The molecule has 3 rings (SSSR count). The Balaban J connectivity index is 1.63. The van der Waals surface area contributed by atoms with Gasteiger partial charge in [-0.05, 0) is 36.7 Å². The number of carbonyl (C=O) groups is 2. The zero-order chi connectivity index (χ0) is 18.7. The molecule has 3 atom stereocenters. The predicted octanol–water partition coefficient (Wildman–Crippen LogP) is 3.15. The summed E-state index contributed by atoms with van der Waals surface area (Å²) < 4.78 is 5.73. The van der Waals surface area contributed by atoms with Crippen molar-refractivity contribution in [3.63, 3.8) is 0 Å². The highest BCUT2D eigenvalue weighted by Gasteiger charge is 2.41. The number of hydrogen-bond donors (Lipinski definition) is 1. The summed E-state index contributed by atoms with van der Waals surface area (Å²) in [5.74, 6) is -0.618. The maximum Gasteiger partial charge on any atom is 0.309 e. The number of rotatable bonds is 5. The van der Waals surface area contributed by atoms with Crippen molar-refractivity contribution in [2.24, 2.45) is 17.8 Å². The molecular formula is C21H29NO4. The van der Waals surface area contributed by atoms with Gasteiger partial charge < -0.3 is 14.7 Å². The summed E-state index contributed by atoms with van der Waals surface area (Å²) in [4.78, 5) is 26.5. The highest BCUT2D eigenvalue weighted by Crippen LogP contribution is 2.35. The van der Waals surface area contributed by atoms with Gasteiger partial charge in [-0.1, -0.05) is 44.2 Å². The molecule has 1 N–H and O–H groups in total. The zero-order valence-corrected chi connectivity index (χ0v) is 15.6. The number of ether oxygens (including phenoxy) is 1. The van der Waals surface area contributed by atoms with Gasteiger partial charge in [-0.15, -0.1) is 0 Å².